The quantitative estimate of drug-likeness (QED) is 0.678. The van der Waals surface area contributed by atoms with E-state index in [2.05, 4.69) is 15.6 Å². The lowest BCUT2D eigenvalue weighted by Gasteiger charge is -2.08. The zero-order valence-corrected chi connectivity index (χ0v) is 14.1. The van der Waals surface area contributed by atoms with Gasteiger partial charge in [-0.25, -0.2) is 9.37 Å². The van der Waals surface area contributed by atoms with Gasteiger partial charge >= 0.3 is 0 Å². The summed E-state index contributed by atoms with van der Waals surface area (Å²) in [4.78, 5) is 16.4. The Kier molecular flexibility index (Phi) is 4.95. The first-order valence-electron chi connectivity index (χ1n) is 7.57. The molecule has 1 heterocycles. The molecule has 0 radical (unpaired) electrons. The number of hydrogen-bond acceptors (Lipinski definition) is 3. The fourth-order valence-corrected chi connectivity index (χ4v) is 2.38. The zero-order chi connectivity index (χ0) is 17.8. The highest BCUT2D eigenvalue weighted by molar-refractivity contribution is 6.31. The van der Waals surface area contributed by atoms with Gasteiger partial charge in [0.2, 0.25) is 0 Å². The molecule has 0 saturated carbocycles. The molecule has 0 fully saturated rings. The van der Waals surface area contributed by atoms with Crippen LogP contribution in [0.3, 0.4) is 0 Å². The first-order chi connectivity index (χ1) is 12.0. The van der Waals surface area contributed by atoms with Crippen molar-refractivity contribution in [2.75, 3.05) is 10.6 Å². The number of amides is 1. The van der Waals surface area contributed by atoms with Crippen LogP contribution in [0.2, 0.25) is 5.02 Å². The van der Waals surface area contributed by atoms with Gasteiger partial charge in [-0.3, -0.25) is 4.79 Å². The SMILES string of the molecule is Cc1ccc(NC(=O)c2ccc(Nc3cccc(F)c3)cn2)cc1Cl. The molecular formula is C19H15ClFN3O. The average molecular weight is 356 g/mol. The van der Waals surface area contributed by atoms with Crippen LogP contribution in [0.5, 0.6) is 0 Å². The summed E-state index contributed by atoms with van der Waals surface area (Å²) in [5.41, 5.74) is 3.06. The van der Waals surface area contributed by atoms with Crippen LogP contribution < -0.4 is 10.6 Å². The highest BCUT2D eigenvalue weighted by atomic mass is 35.5. The number of halogens is 2. The van der Waals surface area contributed by atoms with Crippen molar-refractivity contribution in [2.45, 2.75) is 6.92 Å². The predicted octanol–water partition coefficient (Wildman–Crippen LogP) is 5.18. The summed E-state index contributed by atoms with van der Waals surface area (Å²) in [5, 5.41) is 6.35. The largest absolute Gasteiger partial charge is 0.354 e. The molecule has 0 aliphatic heterocycles. The Morgan fingerprint density at radius 3 is 2.52 bits per heavy atom. The molecule has 2 aromatic carbocycles. The Labute approximate surface area is 149 Å². The van der Waals surface area contributed by atoms with Crippen molar-refractivity contribution in [2.24, 2.45) is 0 Å². The van der Waals surface area contributed by atoms with Crippen molar-refractivity contribution in [3.8, 4) is 0 Å². The Morgan fingerprint density at radius 1 is 1.04 bits per heavy atom. The molecule has 3 aromatic rings. The minimum atomic E-state index is -0.336. The number of nitrogens with one attached hydrogen (secondary N) is 2. The molecule has 0 unspecified atom stereocenters. The molecule has 0 aliphatic rings. The van der Waals surface area contributed by atoms with Gasteiger partial charge in [0.25, 0.3) is 5.91 Å². The third kappa shape index (κ3) is 4.33. The van der Waals surface area contributed by atoms with Gasteiger partial charge in [-0.2, -0.15) is 0 Å². The predicted molar refractivity (Wildman–Crippen MR) is 98.1 cm³/mol. The number of benzene rings is 2. The lowest BCUT2D eigenvalue weighted by Crippen LogP contribution is -2.13. The van der Waals surface area contributed by atoms with Crippen molar-refractivity contribution < 1.29 is 9.18 Å². The first-order valence-corrected chi connectivity index (χ1v) is 7.95. The van der Waals surface area contributed by atoms with Gasteiger partial charge in [0.05, 0.1) is 11.9 Å². The maximum atomic E-state index is 13.2. The topological polar surface area (TPSA) is 54.0 Å². The van der Waals surface area contributed by atoms with Gasteiger partial charge in [0.1, 0.15) is 11.5 Å². The van der Waals surface area contributed by atoms with Crippen molar-refractivity contribution in [1.82, 2.24) is 4.98 Å². The molecule has 25 heavy (non-hydrogen) atoms. The Bertz CT molecular complexity index is 913. The number of nitrogens with zero attached hydrogens (tertiary/aromatic N) is 1. The van der Waals surface area contributed by atoms with Crippen LogP contribution in [0.1, 0.15) is 16.1 Å². The van der Waals surface area contributed by atoms with Gasteiger partial charge in [-0.05, 0) is 55.0 Å². The second kappa shape index (κ2) is 7.32. The number of carbonyl (C=O) groups excluding carboxylic acids is 1. The Balaban J connectivity index is 1.68. The number of anilines is 3. The molecule has 2 N–H and O–H groups in total. The summed E-state index contributed by atoms with van der Waals surface area (Å²) in [5.74, 6) is -0.664. The zero-order valence-electron chi connectivity index (χ0n) is 13.4. The molecule has 0 aliphatic carbocycles. The molecule has 6 heteroatoms. The molecule has 3 rings (SSSR count). The number of aryl methyl sites for hydroxylation is 1. The van der Waals surface area contributed by atoms with Crippen molar-refractivity contribution in [1.29, 1.82) is 0 Å². The van der Waals surface area contributed by atoms with E-state index in [1.54, 1.807) is 36.4 Å². The van der Waals surface area contributed by atoms with E-state index in [1.807, 2.05) is 13.0 Å². The molecule has 1 aromatic heterocycles. The molecule has 0 bridgehead atoms. The Morgan fingerprint density at radius 2 is 1.84 bits per heavy atom. The normalized spacial score (nSPS) is 10.4. The van der Waals surface area contributed by atoms with Crippen LogP contribution in [0.15, 0.2) is 60.8 Å². The lowest BCUT2D eigenvalue weighted by molar-refractivity contribution is 0.102. The second-order valence-electron chi connectivity index (χ2n) is 5.49. The molecule has 4 nitrogen and oxygen atoms in total. The third-order valence-electron chi connectivity index (χ3n) is 3.54. The summed E-state index contributed by atoms with van der Waals surface area (Å²) in [6.45, 7) is 1.89. The maximum absolute atomic E-state index is 13.2. The lowest BCUT2D eigenvalue weighted by atomic mass is 10.2. The molecule has 0 spiro atoms. The van der Waals surface area contributed by atoms with E-state index < -0.39 is 0 Å². The summed E-state index contributed by atoms with van der Waals surface area (Å²) in [6, 6.07) is 14.7. The highest BCUT2D eigenvalue weighted by Gasteiger charge is 2.09. The maximum Gasteiger partial charge on any atom is 0.274 e. The monoisotopic (exact) mass is 355 g/mol. The fraction of sp³-hybridized carbons (Fsp3) is 0.0526. The third-order valence-corrected chi connectivity index (χ3v) is 3.95. The molecule has 1 amide bonds. The molecule has 126 valence electrons. The number of pyridine rings is 1. The van der Waals surface area contributed by atoms with Crippen LogP contribution in [0.4, 0.5) is 21.5 Å². The fourth-order valence-electron chi connectivity index (χ4n) is 2.20. The van der Waals surface area contributed by atoms with E-state index in [9.17, 15) is 9.18 Å². The summed E-state index contributed by atoms with van der Waals surface area (Å²) in [7, 11) is 0. The van der Waals surface area contributed by atoms with E-state index in [0.717, 1.165) is 5.56 Å². The second-order valence-corrected chi connectivity index (χ2v) is 5.89. The molecule has 0 atom stereocenters. The number of hydrogen-bond donors (Lipinski definition) is 2. The Hall–Kier alpha value is -2.92. The summed E-state index contributed by atoms with van der Waals surface area (Å²) >= 11 is 6.05. The standard InChI is InChI=1S/C19H15ClFN3O/c1-12-5-6-15(10-17(12)20)24-19(25)18-8-7-16(11-22-18)23-14-4-2-3-13(21)9-14/h2-11,23H,1H3,(H,24,25). The van der Waals surface area contributed by atoms with Crippen LogP contribution in [-0.4, -0.2) is 10.9 Å². The van der Waals surface area contributed by atoms with E-state index in [1.165, 1.54) is 18.3 Å². The van der Waals surface area contributed by atoms with E-state index in [0.29, 0.717) is 22.1 Å². The van der Waals surface area contributed by atoms with Crippen LogP contribution in [0, 0.1) is 12.7 Å². The van der Waals surface area contributed by atoms with E-state index in [-0.39, 0.29) is 17.4 Å². The van der Waals surface area contributed by atoms with Crippen molar-refractivity contribution in [3.63, 3.8) is 0 Å². The molecule has 0 saturated heterocycles. The van der Waals surface area contributed by atoms with Gasteiger partial charge in [-0.15, -0.1) is 0 Å². The van der Waals surface area contributed by atoms with Gasteiger partial charge in [0.15, 0.2) is 0 Å². The van der Waals surface area contributed by atoms with Gasteiger partial charge in [-0.1, -0.05) is 23.7 Å². The van der Waals surface area contributed by atoms with E-state index in [4.69, 9.17) is 11.6 Å². The van der Waals surface area contributed by atoms with Crippen LogP contribution in [0.25, 0.3) is 0 Å². The van der Waals surface area contributed by atoms with Crippen LogP contribution in [-0.2, 0) is 0 Å². The average Bonchev–Trinajstić information content (AvgIpc) is 2.59. The van der Waals surface area contributed by atoms with Crippen LogP contribution >= 0.6 is 11.6 Å². The first kappa shape index (κ1) is 16.9. The highest BCUT2D eigenvalue weighted by Crippen LogP contribution is 2.21. The van der Waals surface area contributed by atoms with Crippen molar-refractivity contribution >= 4 is 34.6 Å². The smallest absolute Gasteiger partial charge is 0.274 e. The van der Waals surface area contributed by atoms with Gasteiger partial charge in [0, 0.05) is 16.4 Å². The number of rotatable bonds is 4. The number of aromatic nitrogens is 1. The van der Waals surface area contributed by atoms with Crippen molar-refractivity contribution in [3.05, 3.63) is 82.9 Å². The number of carbonyl (C=O) groups is 1. The molecular weight excluding hydrogens is 341 g/mol. The summed E-state index contributed by atoms with van der Waals surface area (Å²) in [6.07, 6.45) is 1.52. The van der Waals surface area contributed by atoms with Gasteiger partial charge < -0.3 is 10.6 Å². The summed E-state index contributed by atoms with van der Waals surface area (Å²) < 4.78 is 13.2. The minimum Gasteiger partial charge on any atom is -0.354 e. The minimum absolute atomic E-state index is 0.265. The van der Waals surface area contributed by atoms with E-state index >= 15 is 0 Å².